The van der Waals surface area contributed by atoms with Crippen molar-refractivity contribution in [1.29, 1.82) is 0 Å². The molecule has 0 bridgehead atoms. The minimum absolute atomic E-state index is 0.670. The Morgan fingerprint density at radius 2 is 2.00 bits per heavy atom. The minimum atomic E-state index is 0.670. The van der Waals surface area contributed by atoms with Crippen LogP contribution in [0.3, 0.4) is 0 Å². The molecule has 0 aliphatic carbocycles. The molecule has 3 nitrogen and oxygen atoms in total. The van der Waals surface area contributed by atoms with Crippen LogP contribution in [0.1, 0.15) is 26.2 Å². The van der Waals surface area contributed by atoms with Gasteiger partial charge in [0.2, 0.25) is 0 Å². The summed E-state index contributed by atoms with van der Waals surface area (Å²) in [6, 6.07) is 0. The van der Waals surface area contributed by atoms with Crippen LogP contribution in [0.2, 0.25) is 0 Å². The van der Waals surface area contributed by atoms with Crippen molar-refractivity contribution < 1.29 is 9.47 Å². The number of rotatable bonds is 9. The van der Waals surface area contributed by atoms with Crippen LogP contribution in [0.15, 0.2) is 0 Å². The van der Waals surface area contributed by atoms with Crippen molar-refractivity contribution in [1.82, 2.24) is 5.32 Å². The van der Waals surface area contributed by atoms with E-state index < -0.39 is 0 Å². The monoisotopic (exact) mass is 175 g/mol. The van der Waals surface area contributed by atoms with Crippen molar-refractivity contribution in [3.63, 3.8) is 0 Å². The number of nitrogens with one attached hydrogen (secondary N) is 1. The summed E-state index contributed by atoms with van der Waals surface area (Å²) in [4.78, 5) is 0. The fourth-order valence-electron chi connectivity index (χ4n) is 0.824. The third-order valence-electron chi connectivity index (χ3n) is 1.55. The molecular weight excluding hydrogens is 154 g/mol. The number of ether oxygens (including phenoxy) is 2. The van der Waals surface area contributed by atoms with E-state index in [4.69, 9.17) is 9.47 Å². The van der Waals surface area contributed by atoms with Crippen molar-refractivity contribution in [3.05, 3.63) is 0 Å². The first-order chi connectivity index (χ1) is 5.91. The van der Waals surface area contributed by atoms with Gasteiger partial charge in [0, 0.05) is 13.7 Å². The molecular formula is C9H21NO2. The molecule has 12 heavy (non-hydrogen) atoms. The molecule has 0 saturated heterocycles. The highest BCUT2D eigenvalue weighted by atomic mass is 16.5. The molecule has 74 valence electrons. The Kier molecular flexibility index (Phi) is 10.8. The highest BCUT2D eigenvalue weighted by molar-refractivity contribution is 4.39. The lowest BCUT2D eigenvalue weighted by Crippen LogP contribution is -2.19. The SMILES string of the molecule is CCCCNCOCCCOC. The number of hydrogen-bond acceptors (Lipinski definition) is 3. The fraction of sp³-hybridized carbons (Fsp3) is 1.00. The van der Waals surface area contributed by atoms with Crippen molar-refractivity contribution in [3.8, 4) is 0 Å². The van der Waals surface area contributed by atoms with Crippen LogP contribution in [0, 0.1) is 0 Å². The van der Waals surface area contributed by atoms with Gasteiger partial charge in [-0.15, -0.1) is 0 Å². The van der Waals surface area contributed by atoms with E-state index in [-0.39, 0.29) is 0 Å². The smallest absolute Gasteiger partial charge is 0.0965 e. The molecule has 0 aromatic carbocycles. The molecule has 0 aromatic heterocycles. The highest BCUT2D eigenvalue weighted by Gasteiger charge is 1.87. The van der Waals surface area contributed by atoms with Crippen LogP contribution in [0.5, 0.6) is 0 Å². The van der Waals surface area contributed by atoms with Gasteiger partial charge in [0.1, 0.15) is 0 Å². The largest absolute Gasteiger partial charge is 0.385 e. The zero-order valence-electron chi connectivity index (χ0n) is 8.27. The summed E-state index contributed by atoms with van der Waals surface area (Å²) in [6.07, 6.45) is 3.43. The topological polar surface area (TPSA) is 30.5 Å². The predicted molar refractivity (Wildman–Crippen MR) is 50.2 cm³/mol. The van der Waals surface area contributed by atoms with Gasteiger partial charge in [-0.2, -0.15) is 0 Å². The van der Waals surface area contributed by atoms with Crippen molar-refractivity contribution in [2.24, 2.45) is 0 Å². The van der Waals surface area contributed by atoms with Crippen LogP contribution < -0.4 is 5.32 Å². The van der Waals surface area contributed by atoms with Crippen molar-refractivity contribution >= 4 is 0 Å². The second-order valence-corrected chi connectivity index (χ2v) is 2.75. The van der Waals surface area contributed by atoms with E-state index in [9.17, 15) is 0 Å². The molecule has 1 N–H and O–H groups in total. The van der Waals surface area contributed by atoms with E-state index in [1.807, 2.05) is 0 Å². The third kappa shape index (κ3) is 9.88. The minimum Gasteiger partial charge on any atom is -0.385 e. The van der Waals surface area contributed by atoms with E-state index in [0.29, 0.717) is 6.73 Å². The van der Waals surface area contributed by atoms with Gasteiger partial charge in [0.05, 0.1) is 13.3 Å². The summed E-state index contributed by atoms with van der Waals surface area (Å²) in [7, 11) is 1.71. The Morgan fingerprint density at radius 3 is 2.67 bits per heavy atom. The second-order valence-electron chi connectivity index (χ2n) is 2.75. The lowest BCUT2D eigenvalue weighted by Gasteiger charge is -2.04. The molecule has 0 unspecified atom stereocenters. The molecule has 0 amide bonds. The third-order valence-corrected chi connectivity index (χ3v) is 1.55. The van der Waals surface area contributed by atoms with Gasteiger partial charge in [-0.1, -0.05) is 13.3 Å². The normalized spacial score (nSPS) is 10.5. The molecule has 0 spiro atoms. The van der Waals surface area contributed by atoms with Crippen LogP contribution >= 0.6 is 0 Å². The zero-order valence-corrected chi connectivity index (χ0v) is 8.27. The van der Waals surface area contributed by atoms with E-state index in [1.165, 1.54) is 12.8 Å². The number of methoxy groups -OCH3 is 1. The molecule has 0 aliphatic rings. The maximum atomic E-state index is 5.29. The van der Waals surface area contributed by atoms with Gasteiger partial charge in [-0.25, -0.2) is 0 Å². The van der Waals surface area contributed by atoms with Gasteiger partial charge in [-0.05, 0) is 19.4 Å². The maximum Gasteiger partial charge on any atom is 0.0965 e. The summed E-state index contributed by atoms with van der Waals surface area (Å²) < 4.78 is 10.2. The van der Waals surface area contributed by atoms with Gasteiger partial charge in [0.15, 0.2) is 0 Å². The summed E-state index contributed by atoms with van der Waals surface area (Å²) >= 11 is 0. The molecule has 3 heteroatoms. The van der Waals surface area contributed by atoms with Crippen LogP contribution in [0.4, 0.5) is 0 Å². The summed E-state index contributed by atoms with van der Waals surface area (Å²) in [5, 5.41) is 3.20. The standard InChI is InChI=1S/C9H21NO2/c1-3-4-6-10-9-12-8-5-7-11-2/h10H,3-9H2,1-2H3. The van der Waals surface area contributed by atoms with Crippen molar-refractivity contribution in [2.45, 2.75) is 26.2 Å². The average molecular weight is 175 g/mol. The quantitative estimate of drug-likeness (QED) is 0.424. The van der Waals surface area contributed by atoms with Gasteiger partial charge in [0.25, 0.3) is 0 Å². The van der Waals surface area contributed by atoms with Crippen molar-refractivity contribution in [2.75, 3.05) is 33.6 Å². The Morgan fingerprint density at radius 1 is 1.17 bits per heavy atom. The Hall–Kier alpha value is -0.120. The molecule has 0 atom stereocenters. The van der Waals surface area contributed by atoms with Crippen LogP contribution in [-0.2, 0) is 9.47 Å². The van der Waals surface area contributed by atoms with Gasteiger partial charge in [-0.3, -0.25) is 5.32 Å². The van der Waals surface area contributed by atoms with Gasteiger partial charge < -0.3 is 9.47 Å². The molecule has 0 aromatic rings. The summed E-state index contributed by atoms with van der Waals surface area (Å²) in [5.41, 5.74) is 0. The Labute approximate surface area is 75.4 Å². The molecule has 0 aliphatic heterocycles. The number of unbranched alkanes of at least 4 members (excludes halogenated alkanes) is 1. The lowest BCUT2D eigenvalue weighted by atomic mass is 10.3. The first kappa shape index (κ1) is 11.9. The summed E-state index contributed by atoms with van der Waals surface area (Å²) in [5.74, 6) is 0. The van der Waals surface area contributed by atoms with E-state index >= 15 is 0 Å². The van der Waals surface area contributed by atoms with E-state index in [0.717, 1.165) is 26.2 Å². The fourth-order valence-corrected chi connectivity index (χ4v) is 0.824. The molecule has 0 heterocycles. The predicted octanol–water partition coefficient (Wildman–Crippen LogP) is 1.39. The Bertz CT molecular complexity index is 68.9. The van der Waals surface area contributed by atoms with Gasteiger partial charge >= 0.3 is 0 Å². The second kappa shape index (κ2) is 10.9. The summed E-state index contributed by atoms with van der Waals surface area (Å²) in [6.45, 7) is 5.48. The lowest BCUT2D eigenvalue weighted by molar-refractivity contribution is 0.0909. The first-order valence-electron chi connectivity index (χ1n) is 4.69. The molecule has 0 radical (unpaired) electrons. The van der Waals surface area contributed by atoms with Crippen LogP contribution in [-0.4, -0.2) is 33.6 Å². The maximum absolute atomic E-state index is 5.29. The zero-order chi connectivity index (χ0) is 9.07. The molecule has 0 fully saturated rings. The highest BCUT2D eigenvalue weighted by Crippen LogP contribution is 1.84. The van der Waals surface area contributed by atoms with E-state index in [1.54, 1.807) is 7.11 Å². The molecule has 0 rings (SSSR count). The van der Waals surface area contributed by atoms with Crippen LogP contribution in [0.25, 0.3) is 0 Å². The first-order valence-corrected chi connectivity index (χ1v) is 4.69. The molecule has 0 saturated carbocycles. The Balaban J connectivity index is 2.73. The van der Waals surface area contributed by atoms with E-state index in [2.05, 4.69) is 12.2 Å². The number of hydrogen-bond donors (Lipinski definition) is 1. The average Bonchev–Trinajstić information content (AvgIpc) is 2.10.